The van der Waals surface area contributed by atoms with Gasteiger partial charge in [-0.3, -0.25) is 19.9 Å². The van der Waals surface area contributed by atoms with Gasteiger partial charge in [-0.2, -0.15) is 0 Å². The molecule has 0 saturated heterocycles. The third-order valence-corrected chi connectivity index (χ3v) is 8.49. The number of hydrogen-bond acceptors (Lipinski definition) is 6. The summed E-state index contributed by atoms with van der Waals surface area (Å²) >= 11 is 0. The van der Waals surface area contributed by atoms with E-state index < -0.39 is 0 Å². The number of aromatic nitrogens is 8. The smallest absolute Gasteiger partial charge is 0.0704 e. The molecule has 0 spiro atoms. The van der Waals surface area contributed by atoms with Crippen molar-refractivity contribution in [2.45, 2.75) is 0 Å². The van der Waals surface area contributed by atoms with Crippen molar-refractivity contribution >= 4 is 46.4 Å². The maximum absolute atomic E-state index is 5.25. The quantitative estimate of drug-likeness (QED) is 0.172. The first-order valence-electron chi connectivity index (χ1n) is 15.5. The van der Waals surface area contributed by atoms with Gasteiger partial charge >= 0.3 is 0 Å². The van der Waals surface area contributed by atoms with E-state index in [1.165, 1.54) is 0 Å². The second-order valence-corrected chi connectivity index (χ2v) is 11.3. The van der Waals surface area contributed by atoms with E-state index >= 15 is 0 Å². The molecule has 2 aliphatic rings. The van der Waals surface area contributed by atoms with Gasteiger partial charge < -0.3 is 9.97 Å². The molecule has 0 amide bonds. The molecular formula is C40H24CuN8-2. The average molecular weight is 680 g/mol. The van der Waals surface area contributed by atoms with E-state index in [1.54, 1.807) is 49.6 Å². The van der Waals surface area contributed by atoms with Crippen LogP contribution in [0.4, 0.5) is 0 Å². The third-order valence-electron chi connectivity index (χ3n) is 8.49. The van der Waals surface area contributed by atoms with Crippen LogP contribution in [0.2, 0.25) is 0 Å². The summed E-state index contributed by atoms with van der Waals surface area (Å²) in [4.78, 5) is 38.1. The molecule has 0 atom stereocenters. The van der Waals surface area contributed by atoms with Gasteiger partial charge in [-0.1, -0.05) is 24.3 Å². The van der Waals surface area contributed by atoms with Crippen molar-refractivity contribution < 1.29 is 17.1 Å². The van der Waals surface area contributed by atoms with Crippen LogP contribution in [0.15, 0.2) is 122 Å². The van der Waals surface area contributed by atoms with E-state index in [0.29, 0.717) is 0 Å². The predicted molar refractivity (Wildman–Crippen MR) is 190 cm³/mol. The van der Waals surface area contributed by atoms with Crippen LogP contribution in [-0.4, -0.2) is 29.9 Å². The van der Waals surface area contributed by atoms with Gasteiger partial charge in [0.25, 0.3) is 0 Å². The Kier molecular flexibility index (Phi) is 7.81. The van der Waals surface area contributed by atoms with Crippen LogP contribution in [0.5, 0.6) is 0 Å². The number of rotatable bonds is 4. The summed E-state index contributed by atoms with van der Waals surface area (Å²) in [6.07, 6.45) is 22.5. The molecule has 49 heavy (non-hydrogen) atoms. The molecule has 2 aliphatic heterocycles. The van der Waals surface area contributed by atoms with Gasteiger partial charge in [-0.15, -0.1) is 22.1 Å². The predicted octanol–water partition coefficient (Wildman–Crippen LogP) is 8.16. The molecule has 0 unspecified atom stereocenters. The first-order chi connectivity index (χ1) is 23.8. The molecule has 9 heterocycles. The molecule has 7 aromatic rings. The molecule has 7 aromatic heterocycles. The molecule has 0 N–H and O–H groups in total. The number of pyridine rings is 4. The summed E-state index contributed by atoms with van der Waals surface area (Å²) in [7, 11) is 0. The van der Waals surface area contributed by atoms with E-state index in [-0.39, 0.29) is 17.1 Å². The second kappa shape index (κ2) is 12.7. The minimum absolute atomic E-state index is 0. The van der Waals surface area contributed by atoms with E-state index in [2.05, 4.69) is 68.5 Å². The second-order valence-electron chi connectivity index (χ2n) is 11.3. The summed E-state index contributed by atoms with van der Waals surface area (Å²) < 4.78 is 0. The molecule has 0 saturated carbocycles. The Balaban J connectivity index is 0.00000348. The first-order valence-corrected chi connectivity index (χ1v) is 15.5. The largest absolute Gasteiger partial charge is 0.657 e. The Morgan fingerprint density at radius 2 is 0.531 bits per heavy atom. The summed E-state index contributed by atoms with van der Waals surface area (Å²) in [6, 6.07) is 24.1. The average Bonchev–Trinajstić information content (AvgIpc) is 3.98. The molecule has 9 heteroatoms. The molecule has 8 bridgehead atoms. The molecule has 0 aromatic carbocycles. The SMILES string of the molecule is C1=Cc2nc1c(-c1ccncc1)c1ccc([n-]1)c(-c1ccncc1)c1nc(c(-c3ccncc3)c3ccc([n-]3)c2-c2ccncc2)C=C1.[Cu]. The van der Waals surface area contributed by atoms with Crippen molar-refractivity contribution in [2.24, 2.45) is 0 Å². The van der Waals surface area contributed by atoms with Crippen molar-refractivity contribution in [3.05, 3.63) is 145 Å². The minimum Gasteiger partial charge on any atom is -0.657 e. The van der Waals surface area contributed by atoms with Gasteiger partial charge in [-0.25, -0.2) is 9.97 Å². The standard InChI is InChI=1S/C40H24N8.Cu/c1-2-30-38(26-11-19-42-20-12-26)32-5-6-34(47-32)40(28-15-23-44-24-16-28)36-8-7-35(48-36)39(27-13-21-43-22-14-27)33-4-3-31(46-33)37(29(1)45-30)25-9-17-41-18-10-25;/h1-24H;/q-2;. The van der Waals surface area contributed by atoms with Gasteiger partial charge in [0, 0.05) is 66.6 Å². The first kappa shape index (κ1) is 30.1. The van der Waals surface area contributed by atoms with Crippen LogP contribution in [0.25, 0.3) is 90.9 Å². The molecule has 237 valence electrons. The Morgan fingerprint density at radius 1 is 0.306 bits per heavy atom. The fourth-order valence-corrected chi connectivity index (χ4v) is 6.34. The monoisotopic (exact) mass is 679 g/mol. The van der Waals surface area contributed by atoms with Gasteiger partial charge in [0.1, 0.15) is 0 Å². The fraction of sp³-hybridized carbons (Fsp3) is 0. The van der Waals surface area contributed by atoms with E-state index in [1.807, 2.05) is 48.5 Å². The van der Waals surface area contributed by atoms with Crippen LogP contribution >= 0.6 is 0 Å². The van der Waals surface area contributed by atoms with Gasteiger partial charge in [0.05, 0.1) is 22.8 Å². The van der Waals surface area contributed by atoms with Gasteiger partial charge in [0.2, 0.25) is 0 Å². The van der Waals surface area contributed by atoms with Crippen LogP contribution in [0.1, 0.15) is 22.8 Å². The maximum Gasteiger partial charge on any atom is 0.0704 e. The third kappa shape index (κ3) is 5.47. The van der Waals surface area contributed by atoms with Crippen LogP contribution in [-0.2, 0) is 17.1 Å². The zero-order chi connectivity index (χ0) is 31.9. The number of fused-ring (bicyclic) bond motifs is 8. The van der Waals surface area contributed by atoms with Crippen molar-refractivity contribution in [1.82, 2.24) is 39.9 Å². The minimum atomic E-state index is 0. The zero-order valence-corrected chi connectivity index (χ0v) is 26.7. The van der Waals surface area contributed by atoms with E-state index in [0.717, 1.165) is 89.4 Å². The Hall–Kier alpha value is -6.28. The van der Waals surface area contributed by atoms with Crippen LogP contribution < -0.4 is 9.97 Å². The number of nitrogens with zero attached hydrogens (tertiary/aromatic N) is 8. The normalized spacial score (nSPS) is 11.8. The fourth-order valence-electron chi connectivity index (χ4n) is 6.34. The molecule has 8 nitrogen and oxygen atoms in total. The Labute approximate surface area is 292 Å². The van der Waals surface area contributed by atoms with Crippen LogP contribution in [0, 0.1) is 0 Å². The van der Waals surface area contributed by atoms with Crippen molar-refractivity contribution in [3.8, 4) is 44.5 Å². The summed E-state index contributed by atoms with van der Waals surface area (Å²) in [5, 5.41) is 0. The Bertz CT molecular complexity index is 2190. The summed E-state index contributed by atoms with van der Waals surface area (Å²) in [6.45, 7) is 0. The van der Waals surface area contributed by atoms with E-state index in [4.69, 9.17) is 19.9 Å². The van der Waals surface area contributed by atoms with E-state index in [9.17, 15) is 0 Å². The molecule has 0 aliphatic carbocycles. The molecule has 1 radical (unpaired) electrons. The van der Waals surface area contributed by atoms with Crippen LogP contribution in [0.3, 0.4) is 0 Å². The molecule has 9 rings (SSSR count). The molecular weight excluding hydrogens is 656 g/mol. The van der Waals surface area contributed by atoms with Crippen molar-refractivity contribution in [1.29, 1.82) is 0 Å². The summed E-state index contributed by atoms with van der Waals surface area (Å²) in [5.41, 5.74) is 13.9. The zero-order valence-electron chi connectivity index (χ0n) is 25.7. The number of hydrogen-bond donors (Lipinski definition) is 0. The molecule has 0 fully saturated rings. The van der Waals surface area contributed by atoms with Crippen molar-refractivity contribution in [3.63, 3.8) is 0 Å². The summed E-state index contributed by atoms with van der Waals surface area (Å²) in [5.74, 6) is 0. The topological polar surface area (TPSA) is 106 Å². The van der Waals surface area contributed by atoms with Gasteiger partial charge in [0.15, 0.2) is 0 Å². The van der Waals surface area contributed by atoms with Crippen molar-refractivity contribution in [2.75, 3.05) is 0 Å². The maximum atomic E-state index is 5.25. The Morgan fingerprint density at radius 3 is 0.755 bits per heavy atom. The van der Waals surface area contributed by atoms with Gasteiger partial charge in [-0.05, 0) is 117 Å².